The third-order valence-corrected chi connectivity index (χ3v) is 8.08. The number of likely N-dealkylation sites (tertiary alicyclic amines) is 1. The number of fused-ring (bicyclic) bond motifs is 1. The molecule has 2 aromatic carbocycles. The van der Waals surface area contributed by atoms with Crippen LogP contribution < -0.4 is 9.80 Å². The molecule has 3 aliphatic heterocycles. The van der Waals surface area contributed by atoms with Gasteiger partial charge in [0.05, 0.1) is 5.69 Å². The van der Waals surface area contributed by atoms with Crippen LogP contribution in [0.15, 0.2) is 48.5 Å². The summed E-state index contributed by atoms with van der Waals surface area (Å²) in [5, 5.41) is 0. The lowest BCUT2D eigenvalue weighted by Gasteiger charge is -2.41. The Bertz CT molecular complexity index is 1230. The van der Waals surface area contributed by atoms with Crippen LogP contribution in [0.3, 0.4) is 0 Å². The summed E-state index contributed by atoms with van der Waals surface area (Å²) in [7, 11) is 0. The van der Waals surface area contributed by atoms with E-state index in [2.05, 4.69) is 11.0 Å². The van der Waals surface area contributed by atoms with Gasteiger partial charge >= 0.3 is 12.2 Å². The Kier molecular flexibility index (Phi) is 8.71. The van der Waals surface area contributed by atoms with Crippen LogP contribution in [0.1, 0.15) is 51.2 Å². The number of hydrogen-bond acceptors (Lipinski definition) is 6. The van der Waals surface area contributed by atoms with Crippen molar-refractivity contribution >= 4 is 29.5 Å². The van der Waals surface area contributed by atoms with Crippen LogP contribution in [-0.4, -0.2) is 79.3 Å². The molecule has 0 N–H and O–H groups in total. The quantitative estimate of drug-likeness (QED) is 0.518. The van der Waals surface area contributed by atoms with Crippen LogP contribution in [-0.2, 0) is 27.3 Å². The molecule has 2 fully saturated rings. The maximum Gasteiger partial charge on any atom is 0.414 e. The van der Waals surface area contributed by atoms with Gasteiger partial charge in [-0.15, -0.1) is 0 Å². The van der Waals surface area contributed by atoms with Gasteiger partial charge < -0.3 is 24.2 Å². The van der Waals surface area contributed by atoms with Gasteiger partial charge in [-0.05, 0) is 69.7 Å². The zero-order valence-corrected chi connectivity index (χ0v) is 24.5. The van der Waals surface area contributed by atoms with E-state index in [-0.39, 0.29) is 30.6 Å². The molecule has 0 radical (unpaired) electrons. The lowest BCUT2D eigenvalue weighted by Crippen LogP contribution is -2.52. The third-order valence-electron chi connectivity index (χ3n) is 8.08. The summed E-state index contributed by atoms with van der Waals surface area (Å²) in [5.41, 5.74) is 3.67. The SMILES string of the molecule is CC(C)(C)OC(=O)N1CCC(C(=O)N2CCN(c3cccc4c3CCCN4C(=O)OCc3ccccc3)CC2)CC1. The highest BCUT2D eigenvalue weighted by atomic mass is 16.6. The number of piperidine rings is 1. The molecule has 0 unspecified atom stereocenters. The van der Waals surface area contributed by atoms with Crippen molar-refractivity contribution in [3.8, 4) is 0 Å². The molecule has 3 heterocycles. The summed E-state index contributed by atoms with van der Waals surface area (Å²) in [6, 6.07) is 15.9. The van der Waals surface area contributed by atoms with Crippen molar-refractivity contribution in [3.05, 3.63) is 59.7 Å². The fraction of sp³-hybridized carbons (Fsp3) is 0.531. The van der Waals surface area contributed by atoms with E-state index in [1.54, 1.807) is 9.80 Å². The Labute approximate surface area is 243 Å². The van der Waals surface area contributed by atoms with Crippen molar-refractivity contribution in [2.45, 2.75) is 58.7 Å². The Hall–Kier alpha value is -3.75. The van der Waals surface area contributed by atoms with Gasteiger partial charge in [-0.1, -0.05) is 36.4 Å². The number of anilines is 2. The zero-order chi connectivity index (χ0) is 29.0. The van der Waals surface area contributed by atoms with Gasteiger partial charge in [0.1, 0.15) is 12.2 Å². The van der Waals surface area contributed by atoms with Gasteiger partial charge in [-0.2, -0.15) is 0 Å². The highest BCUT2D eigenvalue weighted by molar-refractivity contribution is 5.91. The summed E-state index contributed by atoms with van der Waals surface area (Å²) in [6.45, 7) is 10.4. The summed E-state index contributed by atoms with van der Waals surface area (Å²) in [4.78, 5) is 46.5. The number of ether oxygens (including phenoxy) is 2. The van der Waals surface area contributed by atoms with Crippen molar-refractivity contribution in [1.82, 2.24) is 9.80 Å². The molecule has 220 valence electrons. The first-order chi connectivity index (χ1) is 19.7. The summed E-state index contributed by atoms with van der Waals surface area (Å²) >= 11 is 0. The molecule has 0 bridgehead atoms. The van der Waals surface area contributed by atoms with Crippen LogP contribution in [0.2, 0.25) is 0 Å². The monoisotopic (exact) mass is 562 g/mol. The van der Waals surface area contributed by atoms with Crippen molar-refractivity contribution in [1.29, 1.82) is 0 Å². The lowest BCUT2D eigenvalue weighted by molar-refractivity contribution is -0.137. The second-order valence-electron chi connectivity index (χ2n) is 12.1. The van der Waals surface area contributed by atoms with E-state index in [1.807, 2.05) is 68.1 Å². The van der Waals surface area contributed by atoms with Crippen LogP contribution in [0.5, 0.6) is 0 Å². The van der Waals surface area contributed by atoms with Crippen LogP contribution in [0, 0.1) is 5.92 Å². The number of nitrogens with zero attached hydrogens (tertiary/aromatic N) is 4. The fourth-order valence-corrected chi connectivity index (χ4v) is 5.95. The van der Waals surface area contributed by atoms with Gasteiger partial charge in [-0.25, -0.2) is 9.59 Å². The number of hydrogen-bond donors (Lipinski definition) is 0. The Morgan fingerprint density at radius 3 is 2.15 bits per heavy atom. The van der Waals surface area contributed by atoms with E-state index >= 15 is 0 Å². The molecule has 2 aromatic rings. The van der Waals surface area contributed by atoms with Crippen molar-refractivity contribution in [2.24, 2.45) is 5.92 Å². The molecule has 5 rings (SSSR count). The number of piperazine rings is 1. The van der Waals surface area contributed by atoms with Crippen molar-refractivity contribution < 1.29 is 23.9 Å². The van der Waals surface area contributed by atoms with E-state index in [0.717, 1.165) is 42.9 Å². The number of amides is 3. The van der Waals surface area contributed by atoms with E-state index in [4.69, 9.17) is 9.47 Å². The molecular weight excluding hydrogens is 520 g/mol. The zero-order valence-electron chi connectivity index (χ0n) is 24.5. The van der Waals surface area contributed by atoms with Crippen LogP contribution in [0.4, 0.5) is 21.0 Å². The molecule has 3 aliphatic rings. The molecule has 0 aliphatic carbocycles. The topological polar surface area (TPSA) is 82.6 Å². The minimum atomic E-state index is -0.522. The predicted octanol–water partition coefficient (Wildman–Crippen LogP) is 5.07. The first-order valence-electron chi connectivity index (χ1n) is 14.8. The van der Waals surface area contributed by atoms with E-state index < -0.39 is 5.60 Å². The van der Waals surface area contributed by atoms with Crippen molar-refractivity contribution in [2.75, 3.05) is 55.6 Å². The summed E-state index contributed by atoms with van der Waals surface area (Å²) < 4.78 is 11.1. The molecule has 9 heteroatoms. The molecule has 41 heavy (non-hydrogen) atoms. The smallest absolute Gasteiger partial charge is 0.414 e. The lowest BCUT2D eigenvalue weighted by atomic mass is 9.95. The standard InChI is InChI=1S/C32H42N4O5/c1-32(2,3)41-30(38)35-17-14-25(15-18-35)29(37)34-21-19-33(20-22-34)27-12-7-13-28-26(27)11-8-16-36(28)31(39)40-23-24-9-5-4-6-10-24/h4-7,9-10,12-13,25H,8,11,14-23H2,1-3H3. The molecule has 3 amide bonds. The molecule has 0 aromatic heterocycles. The van der Waals surface area contributed by atoms with Gasteiger partial charge in [0.25, 0.3) is 0 Å². The first-order valence-corrected chi connectivity index (χ1v) is 14.8. The molecule has 0 spiro atoms. The summed E-state index contributed by atoms with van der Waals surface area (Å²) in [6.07, 6.45) is 2.50. The van der Waals surface area contributed by atoms with Crippen molar-refractivity contribution in [3.63, 3.8) is 0 Å². The average Bonchev–Trinajstić information content (AvgIpc) is 2.99. The molecule has 0 saturated carbocycles. The number of rotatable bonds is 4. The van der Waals surface area contributed by atoms with Gasteiger partial charge in [0.15, 0.2) is 0 Å². The highest BCUT2D eigenvalue weighted by Gasteiger charge is 2.34. The predicted molar refractivity (Wildman–Crippen MR) is 158 cm³/mol. The largest absolute Gasteiger partial charge is 0.444 e. The second kappa shape index (κ2) is 12.4. The number of carbonyl (C=O) groups excluding carboxylic acids is 3. The van der Waals surface area contributed by atoms with Crippen LogP contribution in [0.25, 0.3) is 0 Å². The second-order valence-corrected chi connectivity index (χ2v) is 12.1. The Morgan fingerprint density at radius 2 is 1.46 bits per heavy atom. The van der Waals surface area contributed by atoms with E-state index in [0.29, 0.717) is 45.6 Å². The van der Waals surface area contributed by atoms with Gasteiger partial charge in [-0.3, -0.25) is 9.69 Å². The number of carbonyl (C=O) groups is 3. The highest BCUT2D eigenvalue weighted by Crippen LogP contribution is 2.36. The Balaban J connectivity index is 1.15. The average molecular weight is 563 g/mol. The normalized spacial score (nSPS) is 18.1. The Morgan fingerprint density at radius 1 is 0.780 bits per heavy atom. The van der Waals surface area contributed by atoms with Crippen LogP contribution >= 0.6 is 0 Å². The van der Waals surface area contributed by atoms with Gasteiger partial charge in [0.2, 0.25) is 5.91 Å². The third kappa shape index (κ3) is 6.94. The van der Waals surface area contributed by atoms with E-state index in [9.17, 15) is 14.4 Å². The van der Waals surface area contributed by atoms with Gasteiger partial charge in [0, 0.05) is 57.4 Å². The summed E-state index contributed by atoms with van der Waals surface area (Å²) in [5.74, 6) is 0.135. The first kappa shape index (κ1) is 28.8. The van der Waals surface area contributed by atoms with E-state index in [1.165, 1.54) is 5.56 Å². The minimum Gasteiger partial charge on any atom is -0.444 e. The minimum absolute atomic E-state index is 0.0554. The molecule has 0 atom stereocenters. The molecular formula is C32H42N4O5. The maximum absolute atomic E-state index is 13.3. The fourth-order valence-electron chi connectivity index (χ4n) is 5.95. The maximum atomic E-state index is 13.3. The number of benzene rings is 2. The molecule has 2 saturated heterocycles. The molecule has 9 nitrogen and oxygen atoms in total.